The summed E-state index contributed by atoms with van der Waals surface area (Å²) in [6.45, 7) is 6.18. The zero-order valence-electron chi connectivity index (χ0n) is 26.0. The highest BCUT2D eigenvalue weighted by Crippen LogP contribution is 2.27. The summed E-state index contributed by atoms with van der Waals surface area (Å²) >= 11 is 0. The Bertz CT molecular complexity index is 1640. The molecule has 236 valence electrons. The second-order valence-corrected chi connectivity index (χ2v) is 11.9. The van der Waals surface area contributed by atoms with E-state index in [4.69, 9.17) is 4.74 Å². The maximum absolute atomic E-state index is 13.8. The van der Waals surface area contributed by atoms with Crippen molar-refractivity contribution < 1.29 is 24.1 Å². The van der Waals surface area contributed by atoms with Crippen LogP contribution in [-0.4, -0.2) is 81.0 Å². The van der Waals surface area contributed by atoms with Crippen LogP contribution in [0.1, 0.15) is 43.9 Å². The summed E-state index contributed by atoms with van der Waals surface area (Å²) in [4.78, 5) is 50.3. The zero-order valence-corrected chi connectivity index (χ0v) is 26.0. The van der Waals surface area contributed by atoms with E-state index in [1.807, 2.05) is 59.6 Å². The molecule has 2 aromatic heterocycles. The molecule has 1 saturated heterocycles. The lowest BCUT2D eigenvalue weighted by Gasteiger charge is -2.28. The summed E-state index contributed by atoms with van der Waals surface area (Å²) in [5, 5.41) is 19.3. The number of anilines is 1. The Balaban J connectivity index is 1.40. The number of rotatable bonds is 12. The lowest BCUT2D eigenvalue weighted by atomic mass is 9.83. The number of carbonyl (C=O) groups excluding carboxylic acids is 3. The molecule has 4 aromatic rings. The third-order valence-corrected chi connectivity index (χ3v) is 8.09. The van der Waals surface area contributed by atoms with Gasteiger partial charge < -0.3 is 40.1 Å². The smallest absolute Gasteiger partial charge is 0.374 e. The molecule has 2 aromatic carbocycles. The molecule has 2 atom stereocenters. The molecular formula is C32H40BN7O5. The molecule has 45 heavy (non-hydrogen) atoms. The number of aromatic nitrogens is 3. The van der Waals surface area contributed by atoms with Gasteiger partial charge in [-0.05, 0) is 62.8 Å². The maximum atomic E-state index is 13.8. The lowest BCUT2D eigenvalue weighted by molar-refractivity contribution is -0.132. The van der Waals surface area contributed by atoms with Crippen molar-refractivity contribution in [3.05, 3.63) is 78.4 Å². The number of para-hydroxylation sites is 1. The largest absolute Gasteiger partial charge is 0.497 e. The van der Waals surface area contributed by atoms with E-state index in [2.05, 4.69) is 25.8 Å². The molecule has 3 heterocycles. The van der Waals surface area contributed by atoms with Crippen molar-refractivity contribution >= 4 is 41.5 Å². The van der Waals surface area contributed by atoms with Gasteiger partial charge in [0.05, 0.1) is 19.0 Å². The minimum absolute atomic E-state index is 0.0507. The van der Waals surface area contributed by atoms with Crippen molar-refractivity contribution in [2.24, 2.45) is 0 Å². The minimum Gasteiger partial charge on any atom is -0.497 e. The number of hydrogen-bond donors (Lipinski definition) is 5. The van der Waals surface area contributed by atoms with Crippen LogP contribution in [0.4, 0.5) is 5.82 Å². The Morgan fingerprint density at radius 2 is 1.82 bits per heavy atom. The van der Waals surface area contributed by atoms with Gasteiger partial charge >= 0.3 is 7.05 Å². The predicted molar refractivity (Wildman–Crippen MR) is 173 cm³/mol. The van der Waals surface area contributed by atoms with Gasteiger partial charge in [-0.2, -0.15) is 0 Å². The molecule has 3 amide bonds. The number of nitrogens with zero attached hydrogens (tertiary/aromatic N) is 3. The number of fused-ring (bicyclic) bond motifs is 1. The summed E-state index contributed by atoms with van der Waals surface area (Å²) in [7, 11) is 0.656. The first kappa shape index (κ1) is 31.8. The van der Waals surface area contributed by atoms with E-state index >= 15 is 0 Å². The highest BCUT2D eigenvalue weighted by molar-refractivity contribution is 6.46. The van der Waals surface area contributed by atoms with E-state index < -0.39 is 36.5 Å². The van der Waals surface area contributed by atoms with Gasteiger partial charge in [0.2, 0.25) is 17.7 Å². The number of nitrogens with one attached hydrogen (secondary N) is 4. The van der Waals surface area contributed by atoms with Crippen LogP contribution in [0.5, 0.6) is 5.75 Å². The summed E-state index contributed by atoms with van der Waals surface area (Å²) in [5.74, 6) is -0.0550. The minimum atomic E-state index is -1.16. The summed E-state index contributed by atoms with van der Waals surface area (Å²) < 4.78 is 7.00. The SMILES string of the molecule is COc1ccc(C(C(=O)N2CCCC2)n2cnc(NC(=O)[C@@H](Cc3c[nH]c4ccccc34)NC(=O)C(C)(C)NB(C)O)c2)cc1. The van der Waals surface area contributed by atoms with E-state index in [1.165, 1.54) is 13.2 Å². The summed E-state index contributed by atoms with van der Waals surface area (Å²) in [5.41, 5.74) is 1.38. The monoisotopic (exact) mass is 613 g/mol. The van der Waals surface area contributed by atoms with Crippen LogP contribution in [0.25, 0.3) is 10.9 Å². The normalized spacial score (nSPS) is 14.6. The topological polar surface area (TPSA) is 154 Å². The lowest BCUT2D eigenvalue weighted by Crippen LogP contribution is -2.60. The molecule has 1 unspecified atom stereocenters. The molecule has 0 radical (unpaired) electrons. The Labute approximate surface area is 262 Å². The van der Waals surface area contributed by atoms with Gasteiger partial charge in [-0.3, -0.25) is 14.4 Å². The van der Waals surface area contributed by atoms with E-state index in [0.29, 0.717) is 18.8 Å². The third kappa shape index (κ3) is 7.38. The number of ether oxygens (including phenoxy) is 1. The van der Waals surface area contributed by atoms with Crippen LogP contribution >= 0.6 is 0 Å². The first-order valence-corrected chi connectivity index (χ1v) is 15.1. The number of H-pyrrole nitrogens is 1. The van der Waals surface area contributed by atoms with Crippen molar-refractivity contribution in [1.29, 1.82) is 0 Å². The van der Waals surface area contributed by atoms with Crippen LogP contribution in [0, 0.1) is 0 Å². The van der Waals surface area contributed by atoms with Crippen molar-refractivity contribution in [3.63, 3.8) is 0 Å². The van der Waals surface area contributed by atoms with E-state index in [1.54, 1.807) is 31.7 Å². The average molecular weight is 614 g/mol. The number of carbonyl (C=O) groups is 3. The Hall–Kier alpha value is -4.62. The van der Waals surface area contributed by atoms with Crippen molar-refractivity contribution in [1.82, 2.24) is 30.0 Å². The van der Waals surface area contributed by atoms with E-state index in [0.717, 1.165) is 34.9 Å². The quantitative estimate of drug-likeness (QED) is 0.154. The van der Waals surface area contributed by atoms with Crippen LogP contribution in [0.15, 0.2) is 67.3 Å². The van der Waals surface area contributed by atoms with Gasteiger partial charge in [-0.25, -0.2) is 4.98 Å². The maximum Gasteiger partial charge on any atom is 0.374 e. The van der Waals surface area contributed by atoms with Gasteiger partial charge in [0.15, 0.2) is 5.82 Å². The molecule has 1 aliphatic rings. The van der Waals surface area contributed by atoms with Gasteiger partial charge in [-0.1, -0.05) is 30.3 Å². The average Bonchev–Trinajstić information content (AvgIpc) is 3.79. The van der Waals surface area contributed by atoms with Gasteiger partial charge in [0.1, 0.15) is 17.8 Å². The van der Waals surface area contributed by atoms with Gasteiger partial charge in [-0.15, -0.1) is 0 Å². The standard InChI is InChI=1S/C32H40BN7O5/c1-32(2,38-33(3)44)31(43)36-26(17-22-18-34-25-10-6-5-9-24(22)25)29(41)37-27-19-40(20-35-27)28(30(42)39-15-7-8-16-39)21-11-13-23(45-4)14-12-21/h5-6,9-14,18-20,26,28,34,38,44H,7-8,15-17H2,1-4H3,(H,36,43)(H,37,41)/t26-,28?/m1/s1. The molecule has 0 aliphatic carbocycles. The molecule has 1 aliphatic heterocycles. The molecule has 0 bridgehead atoms. The molecule has 1 fully saturated rings. The number of methoxy groups -OCH3 is 1. The highest BCUT2D eigenvalue weighted by Gasteiger charge is 2.34. The Kier molecular flexibility index (Phi) is 9.59. The van der Waals surface area contributed by atoms with E-state index in [9.17, 15) is 19.4 Å². The van der Waals surface area contributed by atoms with E-state index in [-0.39, 0.29) is 18.1 Å². The first-order valence-electron chi connectivity index (χ1n) is 15.1. The fourth-order valence-electron chi connectivity index (χ4n) is 5.75. The van der Waals surface area contributed by atoms with Crippen LogP contribution < -0.4 is 20.6 Å². The van der Waals surface area contributed by atoms with Crippen LogP contribution in [-0.2, 0) is 20.8 Å². The number of likely N-dealkylation sites (tertiary alicyclic amines) is 1. The molecule has 0 spiro atoms. The highest BCUT2D eigenvalue weighted by atomic mass is 16.5. The number of aromatic amines is 1. The zero-order chi connectivity index (χ0) is 32.1. The third-order valence-electron chi connectivity index (χ3n) is 8.09. The molecule has 12 nitrogen and oxygen atoms in total. The molecule has 5 N–H and O–H groups in total. The van der Waals surface area contributed by atoms with Crippen molar-refractivity contribution in [2.45, 2.75) is 57.6 Å². The van der Waals surface area contributed by atoms with Crippen molar-refractivity contribution in [2.75, 3.05) is 25.5 Å². The number of hydrogen-bond acceptors (Lipinski definition) is 7. The molecule has 5 rings (SSSR count). The van der Waals surface area contributed by atoms with Gasteiger partial charge in [0.25, 0.3) is 0 Å². The number of imidazole rings is 1. The fraction of sp³-hybridized carbons (Fsp3) is 0.375. The molecular weight excluding hydrogens is 573 g/mol. The van der Waals surface area contributed by atoms with Crippen LogP contribution in [0.3, 0.4) is 0 Å². The predicted octanol–water partition coefficient (Wildman–Crippen LogP) is 2.73. The second-order valence-electron chi connectivity index (χ2n) is 11.9. The Morgan fingerprint density at radius 1 is 1.11 bits per heavy atom. The number of benzene rings is 2. The fourth-order valence-corrected chi connectivity index (χ4v) is 5.75. The van der Waals surface area contributed by atoms with Gasteiger partial charge in [0, 0.05) is 42.8 Å². The number of amides is 3. The van der Waals surface area contributed by atoms with Crippen LogP contribution in [0.2, 0.25) is 6.82 Å². The first-order chi connectivity index (χ1) is 21.6. The Morgan fingerprint density at radius 3 is 2.51 bits per heavy atom. The summed E-state index contributed by atoms with van der Waals surface area (Å²) in [6.07, 6.45) is 7.11. The second kappa shape index (κ2) is 13.6. The molecule has 0 saturated carbocycles. The summed E-state index contributed by atoms with van der Waals surface area (Å²) in [6, 6.07) is 13.4. The van der Waals surface area contributed by atoms with Crippen molar-refractivity contribution in [3.8, 4) is 5.75 Å². The molecule has 13 heteroatoms.